The van der Waals surface area contributed by atoms with Gasteiger partial charge in [0.25, 0.3) is 0 Å². The Bertz CT molecular complexity index is 3730. The average molecular weight is 799 g/mol. The summed E-state index contributed by atoms with van der Waals surface area (Å²) in [5.41, 5.74) is 22.0. The van der Waals surface area contributed by atoms with E-state index < -0.39 is 5.41 Å². The molecule has 14 rings (SSSR count). The lowest BCUT2D eigenvalue weighted by Crippen LogP contribution is -2.26. The van der Waals surface area contributed by atoms with Crippen LogP contribution in [0.1, 0.15) is 22.3 Å². The molecule has 2 aromatic heterocycles. The highest BCUT2D eigenvalue weighted by molar-refractivity contribution is 6.23. The molecule has 2 nitrogen and oxygen atoms in total. The van der Waals surface area contributed by atoms with Crippen molar-refractivity contribution >= 4 is 55.2 Å². The fourth-order valence-electron chi connectivity index (χ4n) is 11.6. The highest BCUT2D eigenvalue weighted by Crippen LogP contribution is 2.63. The highest BCUT2D eigenvalue weighted by Gasteiger charge is 2.51. The van der Waals surface area contributed by atoms with E-state index in [4.69, 9.17) is 0 Å². The Kier molecular flexibility index (Phi) is 7.07. The first-order chi connectivity index (χ1) is 31.3. The Morgan fingerprint density at radius 1 is 0.302 bits per heavy atom. The van der Waals surface area contributed by atoms with Gasteiger partial charge in [0.1, 0.15) is 0 Å². The molecule has 1 spiro atoms. The molecular weight excluding hydrogens is 761 g/mol. The van der Waals surface area contributed by atoms with Crippen molar-refractivity contribution in [1.29, 1.82) is 0 Å². The summed E-state index contributed by atoms with van der Waals surface area (Å²) in [7, 11) is 0. The molecule has 0 amide bonds. The second-order valence-corrected chi connectivity index (χ2v) is 17.2. The maximum atomic E-state index is 2.50. The largest absolute Gasteiger partial charge is 0.310 e. The molecule has 0 radical (unpaired) electrons. The van der Waals surface area contributed by atoms with Crippen LogP contribution in [0.3, 0.4) is 0 Å². The third-order valence-electron chi connectivity index (χ3n) is 14.2. The maximum absolute atomic E-state index is 2.50. The lowest BCUT2D eigenvalue weighted by molar-refractivity contribution is 0.793. The van der Waals surface area contributed by atoms with E-state index in [1.165, 1.54) is 105 Å². The highest BCUT2D eigenvalue weighted by atomic mass is 15.1. The Hall–Kier alpha value is -8.20. The van der Waals surface area contributed by atoms with Gasteiger partial charge in [-0.25, -0.2) is 0 Å². The first-order valence-corrected chi connectivity index (χ1v) is 21.9. The lowest BCUT2D eigenvalue weighted by atomic mass is 9.70. The molecule has 2 heteroatoms. The summed E-state index contributed by atoms with van der Waals surface area (Å²) in [6.45, 7) is 0. The Balaban J connectivity index is 1.02. The number of rotatable bonds is 5. The van der Waals surface area contributed by atoms with Gasteiger partial charge in [0.2, 0.25) is 0 Å². The molecule has 10 aromatic carbocycles. The molecule has 0 N–H and O–H groups in total. The molecule has 2 aliphatic carbocycles. The third kappa shape index (κ3) is 4.62. The van der Waals surface area contributed by atoms with Crippen LogP contribution in [-0.2, 0) is 5.41 Å². The van der Waals surface area contributed by atoms with E-state index in [0.29, 0.717) is 0 Å². The Labute approximate surface area is 365 Å². The van der Waals surface area contributed by atoms with Crippen LogP contribution in [-0.4, -0.2) is 4.40 Å². The van der Waals surface area contributed by atoms with E-state index in [2.05, 4.69) is 240 Å². The fourth-order valence-corrected chi connectivity index (χ4v) is 11.6. The van der Waals surface area contributed by atoms with Crippen LogP contribution in [0.2, 0.25) is 0 Å². The van der Waals surface area contributed by atoms with Crippen LogP contribution in [0.5, 0.6) is 0 Å². The number of fused-ring (bicyclic) bond motifs is 16. The van der Waals surface area contributed by atoms with Crippen molar-refractivity contribution in [3.8, 4) is 44.5 Å². The van der Waals surface area contributed by atoms with Gasteiger partial charge < -0.3 is 9.30 Å². The molecule has 0 saturated carbocycles. The first kappa shape index (κ1) is 34.5. The summed E-state index contributed by atoms with van der Waals surface area (Å²) >= 11 is 0. The van der Waals surface area contributed by atoms with Crippen molar-refractivity contribution in [3.63, 3.8) is 0 Å². The van der Waals surface area contributed by atoms with Gasteiger partial charge in [-0.3, -0.25) is 0 Å². The Morgan fingerprint density at radius 2 is 0.810 bits per heavy atom. The Morgan fingerprint density at radius 3 is 1.51 bits per heavy atom. The molecule has 63 heavy (non-hydrogen) atoms. The van der Waals surface area contributed by atoms with E-state index in [1.807, 2.05) is 0 Å². The molecule has 2 aliphatic rings. The second-order valence-electron chi connectivity index (χ2n) is 17.2. The molecule has 0 saturated heterocycles. The van der Waals surface area contributed by atoms with Gasteiger partial charge in [-0.15, -0.1) is 0 Å². The van der Waals surface area contributed by atoms with Crippen LogP contribution in [0, 0.1) is 0 Å². The van der Waals surface area contributed by atoms with Crippen LogP contribution in [0.25, 0.3) is 82.6 Å². The normalized spacial score (nSPS) is 13.2. The number of benzene rings is 10. The molecule has 0 atom stereocenters. The molecule has 12 aromatic rings. The topological polar surface area (TPSA) is 7.65 Å². The van der Waals surface area contributed by atoms with Crippen molar-refractivity contribution in [2.45, 2.75) is 5.41 Å². The van der Waals surface area contributed by atoms with Crippen molar-refractivity contribution < 1.29 is 0 Å². The van der Waals surface area contributed by atoms with Crippen LogP contribution in [0.4, 0.5) is 17.1 Å². The summed E-state index contributed by atoms with van der Waals surface area (Å²) in [5.74, 6) is 0. The summed E-state index contributed by atoms with van der Waals surface area (Å²) in [6.07, 6.45) is 0. The van der Waals surface area contributed by atoms with Crippen LogP contribution < -0.4 is 4.90 Å². The van der Waals surface area contributed by atoms with Gasteiger partial charge in [-0.1, -0.05) is 188 Å². The zero-order chi connectivity index (χ0) is 41.2. The minimum absolute atomic E-state index is 0.447. The van der Waals surface area contributed by atoms with E-state index >= 15 is 0 Å². The predicted molar refractivity (Wildman–Crippen MR) is 263 cm³/mol. The standard InChI is InChI=1S/C61H38N2/c1-2-15-39(16-3-1)40-29-32-42(33-30-40)62(43-34-36-48-47-20-6-11-26-55(47)61(56(48)38-43)53-24-9-4-18-45(53)46-19-5-10-25-54(46)61)57-27-12-7-17-44(57)41-31-35-50-52-23-14-22-51-49-21-8-13-28-58(49)63(60(51)52)59(50)37-41/h1-38H. The second kappa shape index (κ2) is 12.9. The van der Waals surface area contributed by atoms with Gasteiger partial charge in [0, 0.05) is 38.5 Å². The van der Waals surface area contributed by atoms with E-state index in [9.17, 15) is 0 Å². The average Bonchev–Trinajstić information content (AvgIpc) is 4.06. The SMILES string of the molecule is c1ccc(-c2ccc(N(c3ccc4c(c3)C3(c5ccccc5-c5ccccc53)c3ccccc3-4)c3ccccc3-c3ccc4c5cccc6c7ccccc7n(c4c3)c65)cc2)cc1. The van der Waals surface area contributed by atoms with Gasteiger partial charge in [0.05, 0.1) is 27.7 Å². The predicted octanol–water partition coefficient (Wildman–Crippen LogP) is 16.0. The zero-order valence-corrected chi connectivity index (χ0v) is 34.3. The summed E-state index contributed by atoms with van der Waals surface area (Å²) in [6, 6.07) is 85.8. The van der Waals surface area contributed by atoms with Gasteiger partial charge in [-0.05, 0) is 104 Å². The number of aromatic nitrogens is 1. The fraction of sp³-hybridized carbons (Fsp3) is 0.0164. The molecule has 0 aliphatic heterocycles. The summed E-state index contributed by atoms with van der Waals surface area (Å²) in [5, 5.41) is 5.16. The molecule has 0 fully saturated rings. The quantitative estimate of drug-likeness (QED) is 0.168. The van der Waals surface area contributed by atoms with Gasteiger partial charge in [0.15, 0.2) is 0 Å². The lowest BCUT2D eigenvalue weighted by Gasteiger charge is -2.32. The van der Waals surface area contributed by atoms with E-state index in [0.717, 1.165) is 17.1 Å². The number of anilines is 3. The number of nitrogens with zero attached hydrogens (tertiary/aromatic N) is 2. The smallest absolute Gasteiger partial charge is 0.0726 e. The van der Waals surface area contributed by atoms with E-state index in [-0.39, 0.29) is 0 Å². The molecule has 292 valence electrons. The van der Waals surface area contributed by atoms with Crippen LogP contribution >= 0.6 is 0 Å². The van der Waals surface area contributed by atoms with Crippen molar-refractivity contribution in [1.82, 2.24) is 4.40 Å². The van der Waals surface area contributed by atoms with E-state index in [1.54, 1.807) is 0 Å². The monoisotopic (exact) mass is 798 g/mol. The minimum Gasteiger partial charge on any atom is -0.310 e. The van der Waals surface area contributed by atoms with Gasteiger partial charge >= 0.3 is 0 Å². The minimum atomic E-state index is -0.447. The van der Waals surface area contributed by atoms with Crippen molar-refractivity contribution in [3.05, 3.63) is 253 Å². The molecule has 0 unspecified atom stereocenters. The van der Waals surface area contributed by atoms with Crippen LogP contribution in [0.15, 0.2) is 231 Å². The summed E-state index contributed by atoms with van der Waals surface area (Å²) in [4.78, 5) is 2.49. The zero-order valence-electron chi connectivity index (χ0n) is 34.3. The van der Waals surface area contributed by atoms with Crippen molar-refractivity contribution in [2.24, 2.45) is 0 Å². The number of para-hydroxylation sites is 3. The molecular formula is C61H38N2. The first-order valence-electron chi connectivity index (χ1n) is 21.9. The number of hydrogen-bond acceptors (Lipinski definition) is 1. The third-order valence-corrected chi connectivity index (χ3v) is 14.2. The molecule has 2 heterocycles. The number of hydrogen-bond donors (Lipinski definition) is 0. The van der Waals surface area contributed by atoms with Gasteiger partial charge in [-0.2, -0.15) is 0 Å². The maximum Gasteiger partial charge on any atom is 0.0726 e. The summed E-state index contributed by atoms with van der Waals surface area (Å²) < 4.78 is 2.48. The van der Waals surface area contributed by atoms with Crippen molar-refractivity contribution in [2.75, 3.05) is 4.90 Å². The molecule has 0 bridgehead atoms.